The van der Waals surface area contributed by atoms with Crippen LogP contribution in [0.4, 0.5) is 5.13 Å². The van der Waals surface area contributed by atoms with Crippen molar-refractivity contribution in [3.05, 3.63) is 55.6 Å². The van der Waals surface area contributed by atoms with E-state index in [-0.39, 0.29) is 5.92 Å². The lowest BCUT2D eigenvalue weighted by Crippen LogP contribution is -2.45. The molecule has 0 saturated heterocycles. The van der Waals surface area contributed by atoms with Gasteiger partial charge in [-0.15, -0.1) is 11.3 Å². The number of aromatic nitrogens is 3. The van der Waals surface area contributed by atoms with Crippen molar-refractivity contribution in [3.8, 4) is 0 Å². The highest BCUT2D eigenvalue weighted by Crippen LogP contribution is 2.31. The van der Waals surface area contributed by atoms with Gasteiger partial charge in [0.25, 0.3) is 5.56 Å². The van der Waals surface area contributed by atoms with E-state index in [0.717, 1.165) is 30.3 Å². The van der Waals surface area contributed by atoms with Gasteiger partial charge in [0.1, 0.15) is 6.04 Å². The molecule has 30 heavy (non-hydrogen) atoms. The third kappa shape index (κ3) is 4.06. The van der Waals surface area contributed by atoms with Crippen molar-refractivity contribution in [2.24, 2.45) is 13.0 Å². The van der Waals surface area contributed by atoms with E-state index in [1.807, 2.05) is 0 Å². The Hall–Kier alpha value is -2.45. The molecule has 1 saturated carbocycles. The van der Waals surface area contributed by atoms with Crippen LogP contribution in [0.1, 0.15) is 44.6 Å². The second-order valence-corrected chi connectivity index (χ2v) is 9.09. The van der Waals surface area contributed by atoms with E-state index in [4.69, 9.17) is 11.6 Å². The molecule has 3 aromatic rings. The summed E-state index contributed by atoms with van der Waals surface area (Å²) >= 11 is 7.40. The second kappa shape index (κ2) is 8.73. The van der Waals surface area contributed by atoms with Gasteiger partial charge in [0.15, 0.2) is 5.13 Å². The average Bonchev–Trinajstić information content (AvgIpc) is 3.25. The summed E-state index contributed by atoms with van der Waals surface area (Å²) in [5, 5.41) is 5.71. The maximum atomic E-state index is 13.3. The summed E-state index contributed by atoms with van der Waals surface area (Å²) in [6, 6.07) is 3.93. The minimum Gasteiger partial charge on any atom is -0.300 e. The SMILES string of the molecule is Cn1c(=O)n(C(CC2CCCCC2)C(=O)Nc2nccs2)c(=O)c2cc(Cl)ccc21. The molecule has 4 rings (SSSR count). The maximum absolute atomic E-state index is 13.3. The van der Waals surface area contributed by atoms with Crippen molar-refractivity contribution in [3.63, 3.8) is 0 Å². The van der Waals surface area contributed by atoms with Crippen LogP contribution in [0, 0.1) is 5.92 Å². The Morgan fingerprint density at radius 1 is 1.30 bits per heavy atom. The van der Waals surface area contributed by atoms with Gasteiger partial charge in [0, 0.05) is 23.6 Å². The van der Waals surface area contributed by atoms with Crippen LogP contribution in [0.3, 0.4) is 0 Å². The first-order chi connectivity index (χ1) is 14.5. The van der Waals surface area contributed by atoms with Crippen molar-refractivity contribution >= 4 is 44.9 Å². The molecule has 1 aliphatic carbocycles. The normalized spacial score (nSPS) is 15.9. The zero-order chi connectivity index (χ0) is 21.3. The Kier molecular flexibility index (Phi) is 6.06. The Labute approximate surface area is 182 Å². The quantitative estimate of drug-likeness (QED) is 0.642. The zero-order valence-corrected chi connectivity index (χ0v) is 18.2. The predicted molar refractivity (Wildman–Crippen MR) is 119 cm³/mol. The van der Waals surface area contributed by atoms with Crippen LogP contribution in [0.25, 0.3) is 10.9 Å². The third-order valence-electron chi connectivity index (χ3n) is 5.82. The molecule has 1 fully saturated rings. The Balaban J connectivity index is 1.83. The number of aryl methyl sites for hydroxylation is 1. The monoisotopic (exact) mass is 446 g/mol. The number of fused-ring (bicyclic) bond motifs is 1. The van der Waals surface area contributed by atoms with Gasteiger partial charge in [0.05, 0.1) is 10.9 Å². The van der Waals surface area contributed by atoms with E-state index in [2.05, 4.69) is 10.3 Å². The molecule has 1 aromatic carbocycles. The van der Waals surface area contributed by atoms with Crippen LogP contribution < -0.4 is 16.6 Å². The number of amides is 1. The molecule has 1 N–H and O–H groups in total. The van der Waals surface area contributed by atoms with Crippen LogP contribution in [0.2, 0.25) is 5.02 Å². The van der Waals surface area contributed by atoms with E-state index in [0.29, 0.717) is 27.5 Å². The fourth-order valence-electron chi connectivity index (χ4n) is 4.27. The van der Waals surface area contributed by atoms with Crippen LogP contribution >= 0.6 is 22.9 Å². The first-order valence-corrected chi connectivity index (χ1v) is 11.3. The largest absolute Gasteiger partial charge is 0.331 e. The molecule has 158 valence electrons. The minimum atomic E-state index is -0.911. The molecule has 0 radical (unpaired) electrons. The predicted octanol–water partition coefficient (Wildman–Crippen LogP) is 3.96. The number of hydrogen-bond acceptors (Lipinski definition) is 5. The van der Waals surface area contributed by atoms with Crippen molar-refractivity contribution < 1.29 is 4.79 Å². The number of hydrogen-bond donors (Lipinski definition) is 1. The van der Waals surface area contributed by atoms with E-state index in [1.54, 1.807) is 36.8 Å². The highest BCUT2D eigenvalue weighted by Gasteiger charge is 2.30. The number of anilines is 1. The maximum Gasteiger partial charge on any atom is 0.331 e. The standard InChI is InChI=1S/C21H23ClN4O3S/c1-25-16-8-7-14(22)12-15(16)19(28)26(21(25)29)17(11-13-5-3-2-4-6-13)18(27)24-20-23-9-10-30-20/h7-10,12-13,17H,2-6,11H2,1H3,(H,23,24,27). The highest BCUT2D eigenvalue weighted by molar-refractivity contribution is 7.13. The summed E-state index contributed by atoms with van der Waals surface area (Å²) in [5.41, 5.74) is -0.516. The number of benzene rings is 1. The minimum absolute atomic E-state index is 0.289. The summed E-state index contributed by atoms with van der Waals surface area (Å²) in [7, 11) is 1.60. The molecule has 2 heterocycles. The Bertz CT molecular complexity index is 1180. The summed E-state index contributed by atoms with van der Waals surface area (Å²) in [6.07, 6.45) is 7.42. The van der Waals surface area contributed by atoms with Gasteiger partial charge < -0.3 is 5.32 Å². The molecule has 1 amide bonds. The smallest absolute Gasteiger partial charge is 0.300 e. The highest BCUT2D eigenvalue weighted by atomic mass is 35.5. The van der Waals surface area contributed by atoms with Crippen molar-refractivity contribution in [1.29, 1.82) is 0 Å². The number of halogens is 1. The lowest BCUT2D eigenvalue weighted by atomic mass is 9.84. The molecule has 2 aromatic heterocycles. The second-order valence-electron chi connectivity index (χ2n) is 7.76. The number of thiazole rings is 1. The molecule has 0 aliphatic heterocycles. The number of nitrogens with one attached hydrogen (secondary N) is 1. The van der Waals surface area contributed by atoms with Crippen LogP contribution in [0.5, 0.6) is 0 Å². The Morgan fingerprint density at radius 3 is 2.77 bits per heavy atom. The first kappa shape index (κ1) is 20.8. The van der Waals surface area contributed by atoms with Crippen molar-refractivity contribution in [2.75, 3.05) is 5.32 Å². The summed E-state index contributed by atoms with van der Waals surface area (Å²) < 4.78 is 2.49. The van der Waals surface area contributed by atoms with Gasteiger partial charge in [-0.2, -0.15) is 0 Å². The van der Waals surface area contributed by atoms with Gasteiger partial charge in [-0.1, -0.05) is 43.7 Å². The molecule has 9 heteroatoms. The van der Waals surface area contributed by atoms with Crippen molar-refractivity contribution in [1.82, 2.24) is 14.1 Å². The topological polar surface area (TPSA) is 86.0 Å². The molecule has 1 atom stereocenters. The molecular weight excluding hydrogens is 424 g/mol. The van der Waals surface area contributed by atoms with Gasteiger partial charge >= 0.3 is 5.69 Å². The average molecular weight is 447 g/mol. The third-order valence-corrected chi connectivity index (χ3v) is 6.74. The lowest BCUT2D eigenvalue weighted by Gasteiger charge is -2.27. The summed E-state index contributed by atoms with van der Waals surface area (Å²) in [6.45, 7) is 0. The lowest BCUT2D eigenvalue weighted by molar-refractivity contribution is -0.120. The van der Waals surface area contributed by atoms with Gasteiger partial charge in [-0.05, 0) is 30.5 Å². The van der Waals surface area contributed by atoms with E-state index in [1.165, 1.54) is 22.3 Å². The van der Waals surface area contributed by atoms with Crippen LogP contribution in [-0.2, 0) is 11.8 Å². The molecule has 0 spiro atoms. The fourth-order valence-corrected chi connectivity index (χ4v) is 4.97. The number of carbonyl (C=O) groups is 1. The van der Waals surface area contributed by atoms with E-state index < -0.39 is 23.2 Å². The van der Waals surface area contributed by atoms with E-state index in [9.17, 15) is 14.4 Å². The first-order valence-electron chi connectivity index (χ1n) is 10.1. The summed E-state index contributed by atoms with van der Waals surface area (Å²) in [4.78, 5) is 43.8. The van der Waals surface area contributed by atoms with Gasteiger partial charge in [-0.25, -0.2) is 14.3 Å². The molecule has 1 aliphatic rings. The molecular formula is C21H23ClN4O3S. The fraction of sp³-hybridized carbons (Fsp3) is 0.429. The zero-order valence-electron chi connectivity index (χ0n) is 16.6. The molecule has 1 unspecified atom stereocenters. The van der Waals surface area contributed by atoms with Crippen LogP contribution in [-0.4, -0.2) is 20.0 Å². The molecule has 7 nitrogen and oxygen atoms in total. The molecule has 0 bridgehead atoms. The number of rotatable bonds is 5. The summed E-state index contributed by atoms with van der Waals surface area (Å²) in [5.74, 6) is -0.103. The van der Waals surface area contributed by atoms with Crippen LogP contribution in [0.15, 0.2) is 39.4 Å². The van der Waals surface area contributed by atoms with E-state index >= 15 is 0 Å². The van der Waals surface area contributed by atoms with Gasteiger partial charge in [-0.3, -0.25) is 14.2 Å². The number of nitrogens with zero attached hydrogens (tertiary/aromatic N) is 3. The number of carbonyl (C=O) groups excluding carboxylic acids is 1. The van der Waals surface area contributed by atoms with Crippen molar-refractivity contribution in [2.45, 2.75) is 44.6 Å². The van der Waals surface area contributed by atoms with Gasteiger partial charge in [0.2, 0.25) is 5.91 Å². The Morgan fingerprint density at radius 2 is 2.07 bits per heavy atom.